The first-order chi connectivity index (χ1) is 7.59. The minimum absolute atomic E-state index is 0.189. The summed E-state index contributed by atoms with van der Waals surface area (Å²) in [4.78, 5) is 32.7. The minimum atomic E-state index is -0.957. The van der Waals surface area contributed by atoms with Crippen LogP contribution in [0.5, 0.6) is 0 Å². The lowest BCUT2D eigenvalue weighted by molar-refractivity contribution is -0.152. The fraction of sp³-hybridized carbons (Fsp3) is 0.500. The van der Waals surface area contributed by atoms with E-state index in [0.29, 0.717) is 6.42 Å². The Balaban J connectivity index is 2.26. The summed E-state index contributed by atoms with van der Waals surface area (Å²) in [6.45, 7) is -0.470. The first-order valence-electron chi connectivity index (χ1n) is 5.00. The molecule has 6 heteroatoms. The number of ether oxygens (including phenoxy) is 1. The van der Waals surface area contributed by atoms with Gasteiger partial charge in [-0.3, -0.25) is 14.9 Å². The number of urea groups is 1. The van der Waals surface area contributed by atoms with Gasteiger partial charge in [-0.15, -0.1) is 0 Å². The van der Waals surface area contributed by atoms with Gasteiger partial charge in [0.25, 0.3) is 5.91 Å². The topological polar surface area (TPSA) is 98.5 Å². The van der Waals surface area contributed by atoms with E-state index < -0.39 is 24.5 Å². The molecule has 0 saturated carbocycles. The number of carbonyl (C=O) groups is 3. The molecule has 3 amide bonds. The van der Waals surface area contributed by atoms with Gasteiger partial charge in [0.05, 0.1) is 5.92 Å². The van der Waals surface area contributed by atoms with E-state index in [9.17, 15) is 14.4 Å². The van der Waals surface area contributed by atoms with Crippen LogP contribution in [-0.2, 0) is 14.3 Å². The second-order valence-electron chi connectivity index (χ2n) is 3.50. The molecule has 88 valence electrons. The number of nitrogens with two attached hydrogens (primary N) is 1. The minimum Gasteiger partial charge on any atom is -0.455 e. The van der Waals surface area contributed by atoms with Gasteiger partial charge in [0, 0.05) is 0 Å². The lowest BCUT2D eigenvalue weighted by atomic mass is 9.95. The van der Waals surface area contributed by atoms with Gasteiger partial charge in [0.15, 0.2) is 6.61 Å². The van der Waals surface area contributed by atoms with Crippen molar-refractivity contribution in [1.82, 2.24) is 5.32 Å². The first kappa shape index (κ1) is 12.2. The van der Waals surface area contributed by atoms with Crippen molar-refractivity contribution in [3.8, 4) is 0 Å². The SMILES string of the molecule is NC(=O)NC(=O)COC(=O)[C@H]1CC=CCC1. The summed E-state index contributed by atoms with van der Waals surface area (Å²) in [6, 6.07) is -0.957. The number of primary amides is 1. The van der Waals surface area contributed by atoms with E-state index in [1.165, 1.54) is 0 Å². The van der Waals surface area contributed by atoms with Crippen LogP contribution in [0.3, 0.4) is 0 Å². The Bertz CT molecular complexity index is 325. The highest BCUT2D eigenvalue weighted by Crippen LogP contribution is 2.19. The van der Waals surface area contributed by atoms with Gasteiger partial charge in [-0.1, -0.05) is 12.2 Å². The quantitative estimate of drug-likeness (QED) is 0.526. The van der Waals surface area contributed by atoms with E-state index in [-0.39, 0.29) is 5.92 Å². The van der Waals surface area contributed by atoms with Gasteiger partial charge in [-0.2, -0.15) is 0 Å². The highest BCUT2D eigenvalue weighted by molar-refractivity contribution is 5.94. The van der Waals surface area contributed by atoms with Crippen LogP contribution in [0.2, 0.25) is 0 Å². The Hall–Kier alpha value is -1.85. The van der Waals surface area contributed by atoms with Gasteiger partial charge in [-0.05, 0) is 19.3 Å². The lowest BCUT2D eigenvalue weighted by Crippen LogP contribution is -2.38. The second kappa shape index (κ2) is 5.89. The molecule has 1 atom stereocenters. The van der Waals surface area contributed by atoms with Crippen molar-refractivity contribution in [2.75, 3.05) is 6.61 Å². The maximum absolute atomic E-state index is 11.4. The molecule has 0 radical (unpaired) electrons. The average Bonchev–Trinajstić information content (AvgIpc) is 2.26. The fourth-order valence-corrected chi connectivity index (χ4v) is 1.44. The first-order valence-corrected chi connectivity index (χ1v) is 5.00. The third-order valence-corrected chi connectivity index (χ3v) is 2.21. The third kappa shape index (κ3) is 4.12. The Labute approximate surface area is 92.8 Å². The number of carbonyl (C=O) groups excluding carboxylic acids is 3. The zero-order valence-electron chi connectivity index (χ0n) is 8.77. The number of amides is 3. The highest BCUT2D eigenvalue weighted by atomic mass is 16.5. The largest absolute Gasteiger partial charge is 0.455 e. The van der Waals surface area contributed by atoms with Crippen LogP contribution in [0, 0.1) is 5.92 Å². The molecule has 0 heterocycles. The van der Waals surface area contributed by atoms with Crippen molar-refractivity contribution in [3.63, 3.8) is 0 Å². The zero-order chi connectivity index (χ0) is 12.0. The Morgan fingerprint density at radius 2 is 2.12 bits per heavy atom. The molecule has 0 aromatic rings. The van der Waals surface area contributed by atoms with E-state index in [4.69, 9.17) is 10.5 Å². The van der Waals surface area contributed by atoms with Crippen molar-refractivity contribution in [2.45, 2.75) is 19.3 Å². The number of imide groups is 1. The Morgan fingerprint density at radius 1 is 1.38 bits per heavy atom. The molecule has 1 rings (SSSR count). The molecule has 0 spiro atoms. The monoisotopic (exact) mass is 226 g/mol. The third-order valence-electron chi connectivity index (χ3n) is 2.21. The summed E-state index contributed by atoms with van der Waals surface area (Å²) in [5, 5.41) is 1.81. The van der Waals surface area contributed by atoms with Crippen LogP contribution in [0.15, 0.2) is 12.2 Å². The van der Waals surface area contributed by atoms with E-state index >= 15 is 0 Å². The van der Waals surface area contributed by atoms with Crippen LogP contribution < -0.4 is 11.1 Å². The van der Waals surface area contributed by atoms with Crippen LogP contribution in [-0.4, -0.2) is 24.5 Å². The average molecular weight is 226 g/mol. The molecule has 1 aliphatic rings. The van der Waals surface area contributed by atoms with Crippen LogP contribution in [0.1, 0.15) is 19.3 Å². The summed E-state index contributed by atoms with van der Waals surface area (Å²) in [6.07, 6.45) is 6.12. The van der Waals surface area contributed by atoms with Crippen LogP contribution in [0.4, 0.5) is 4.79 Å². The maximum Gasteiger partial charge on any atom is 0.318 e. The molecule has 0 aliphatic heterocycles. The summed E-state index contributed by atoms with van der Waals surface area (Å²) in [5.41, 5.74) is 4.72. The van der Waals surface area contributed by atoms with Crippen molar-refractivity contribution in [2.24, 2.45) is 11.7 Å². The van der Waals surface area contributed by atoms with Gasteiger partial charge >= 0.3 is 12.0 Å². The van der Waals surface area contributed by atoms with Gasteiger partial charge in [0.1, 0.15) is 0 Å². The van der Waals surface area contributed by atoms with Crippen LogP contribution >= 0.6 is 0 Å². The number of rotatable bonds is 3. The molecule has 0 aromatic carbocycles. The van der Waals surface area contributed by atoms with Crippen LogP contribution in [0.25, 0.3) is 0 Å². The molecule has 3 N–H and O–H groups in total. The van der Waals surface area contributed by atoms with E-state index in [1.807, 2.05) is 17.5 Å². The van der Waals surface area contributed by atoms with Crippen molar-refractivity contribution < 1.29 is 19.1 Å². The summed E-state index contributed by atoms with van der Waals surface area (Å²) in [7, 11) is 0. The standard InChI is InChI=1S/C10H14N2O4/c11-10(15)12-8(13)6-16-9(14)7-4-2-1-3-5-7/h1-2,7H,3-6H2,(H3,11,12,13,15)/t7-/m0/s1. The van der Waals surface area contributed by atoms with Gasteiger partial charge in [-0.25, -0.2) is 4.79 Å². The smallest absolute Gasteiger partial charge is 0.318 e. The molecular weight excluding hydrogens is 212 g/mol. The normalized spacial score (nSPS) is 18.9. The van der Waals surface area contributed by atoms with Gasteiger partial charge in [0.2, 0.25) is 0 Å². The molecule has 0 aromatic heterocycles. The predicted molar refractivity (Wildman–Crippen MR) is 55.2 cm³/mol. The molecule has 6 nitrogen and oxygen atoms in total. The Morgan fingerprint density at radius 3 is 2.69 bits per heavy atom. The van der Waals surface area contributed by atoms with E-state index in [0.717, 1.165) is 12.8 Å². The molecule has 0 fully saturated rings. The zero-order valence-corrected chi connectivity index (χ0v) is 8.77. The molecular formula is C10H14N2O4. The van der Waals surface area contributed by atoms with E-state index in [1.54, 1.807) is 0 Å². The number of esters is 1. The number of allylic oxidation sites excluding steroid dienone is 2. The maximum atomic E-state index is 11.4. The van der Waals surface area contributed by atoms with Gasteiger partial charge < -0.3 is 10.5 Å². The number of hydrogen-bond acceptors (Lipinski definition) is 4. The predicted octanol–water partition coefficient (Wildman–Crippen LogP) is 0.0808. The summed E-state index contributed by atoms with van der Waals surface area (Å²) in [5.74, 6) is -1.32. The highest BCUT2D eigenvalue weighted by Gasteiger charge is 2.21. The Kier molecular flexibility index (Phi) is 4.50. The van der Waals surface area contributed by atoms with Crippen molar-refractivity contribution >= 4 is 17.9 Å². The number of hydrogen-bond donors (Lipinski definition) is 2. The molecule has 1 aliphatic carbocycles. The molecule has 0 unspecified atom stereocenters. The molecule has 0 bridgehead atoms. The fourth-order valence-electron chi connectivity index (χ4n) is 1.44. The number of nitrogens with one attached hydrogen (secondary N) is 1. The summed E-state index contributed by atoms with van der Waals surface area (Å²) >= 11 is 0. The van der Waals surface area contributed by atoms with Crippen molar-refractivity contribution in [1.29, 1.82) is 0 Å². The second-order valence-corrected chi connectivity index (χ2v) is 3.50. The summed E-state index contributed by atoms with van der Waals surface area (Å²) < 4.78 is 4.75. The molecule has 16 heavy (non-hydrogen) atoms. The lowest BCUT2D eigenvalue weighted by Gasteiger charge is -2.15. The molecule has 0 saturated heterocycles. The van der Waals surface area contributed by atoms with Crippen molar-refractivity contribution in [3.05, 3.63) is 12.2 Å². The van der Waals surface area contributed by atoms with E-state index in [2.05, 4.69) is 0 Å².